The first-order valence-corrected chi connectivity index (χ1v) is 9.77. The Kier molecular flexibility index (Phi) is 6.51. The lowest BCUT2D eigenvalue weighted by molar-refractivity contribution is -0.123. The minimum atomic E-state index is -0.166. The minimum absolute atomic E-state index is 0.0279. The predicted molar refractivity (Wildman–Crippen MR) is 108 cm³/mol. The molecule has 1 saturated carbocycles. The van der Waals surface area contributed by atoms with Crippen molar-refractivity contribution in [2.75, 3.05) is 20.3 Å². The maximum Gasteiger partial charge on any atom is 0.257 e. The third-order valence-electron chi connectivity index (χ3n) is 5.14. The first-order valence-electron chi connectivity index (χ1n) is 9.01. The van der Waals surface area contributed by atoms with Crippen LogP contribution in [-0.2, 0) is 10.2 Å². The molecule has 0 unspecified atom stereocenters. The minimum Gasteiger partial charge on any atom is -0.497 e. The van der Waals surface area contributed by atoms with E-state index in [1.165, 1.54) is 18.4 Å². The van der Waals surface area contributed by atoms with Crippen molar-refractivity contribution in [2.24, 2.45) is 0 Å². The van der Waals surface area contributed by atoms with Gasteiger partial charge in [-0.25, -0.2) is 0 Å². The Labute approximate surface area is 169 Å². The molecule has 0 bridgehead atoms. The van der Waals surface area contributed by atoms with E-state index in [-0.39, 0.29) is 17.9 Å². The summed E-state index contributed by atoms with van der Waals surface area (Å²) in [4.78, 5) is 12.3. The number of ether oxygens (including phenoxy) is 2. The van der Waals surface area contributed by atoms with Crippen LogP contribution in [0, 0.1) is 0 Å². The van der Waals surface area contributed by atoms with E-state index in [0.29, 0.717) is 22.3 Å². The van der Waals surface area contributed by atoms with E-state index in [0.717, 1.165) is 18.6 Å². The third kappa shape index (κ3) is 4.88. The van der Waals surface area contributed by atoms with Gasteiger partial charge in [-0.05, 0) is 48.7 Å². The summed E-state index contributed by atoms with van der Waals surface area (Å²) in [6, 6.07) is 13.1. The van der Waals surface area contributed by atoms with Crippen molar-refractivity contribution < 1.29 is 14.3 Å². The normalized spacial score (nSPS) is 15.4. The quantitative estimate of drug-likeness (QED) is 0.701. The van der Waals surface area contributed by atoms with E-state index >= 15 is 0 Å². The van der Waals surface area contributed by atoms with Crippen LogP contribution in [0.3, 0.4) is 0 Å². The summed E-state index contributed by atoms with van der Waals surface area (Å²) in [5.74, 6) is 1.12. The number of benzene rings is 2. The highest BCUT2D eigenvalue weighted by atomic mass is 35.5. The molecule has 1 fully saturated rings. The molecule has 1 aliphatic rings. The van der Waals surface area contributed by atoms with Crippen molar-refractivity contribution >= 4 is 29.1 Å². The molecule has 0 aromatic heterocycles. The maximum absolute atomic E-state index is 12.3. The number of nitrogens with one attached hydrogen (secondary N) is 1. The van der Waals surface area contributed by atoms with Gasteiger partial charge in [-0.3, -0.25) is 4.79 Å². The fraction of sp³-hybridized carbons (Fsp3) is 0.381. The Balaban J connectivity index is 1.59. The van der Waals surface area contributed by atoms with Crippen LogP contribution in [0.25, 0.3) is 0 Å². The molecule has 27 heavy (non-hydrogen) atoms. The first-order chi connectivity index (χ1) is 13.0. The molecule has 3 rings (SSSR count). The van der Waals surface area contributed by atoms with Gasteiger partial charge in [-0.1, -0.05) is 48.2 Å². The lowest BCUT2D eigenvalue weighted by atomic mass is 9.79. The Morgan fingerprint density at radius 1 is 1.11 bits per heavy atom. The highest BCUT2D eigenvalue weighted by Crippen LogP contribution is 2.41. The average molecular weight is 408 g/mol. The molecular weight excluding hydrogens is 385 g/mol. The van der Waals surface area contributed by atoms with Gasteiger partial charge in [-0.15, -0.1) is 0 Å². The molecule has 4 nitrogen and oxygen atoms in total. The summed E-state index contributed by atoms with van der Waals surface area (Å²) < 4.78 is 10.8. The zero-order valence-electron chi connectivity index (χ0n) is 15.3. The van der Waals surface area contributed by atoms with Crippen LogP contribution < -0.4 is 14.8 Å². The molecule has 2 aromatic carbocycles. The van der Waals surface area contributed by atoms with Gasteiger partial charge in [0.1, 0.15) is 11.5 Å². The fourth-order valence-electron chi connectivity index (χ4n) is 3.62. The van der Waals surface area contributed by atoms with Crippen LogP contribution >= 0.6 is 23.2 Å². The number of hydrogen-bond acceptors (Lipinski definition) is 3. The Morgan fingerprint density at radius 3 is 2.44 bits per heavy atom. The molecule has 0 aliphatic heterocycles. The van der Waals surface area contributed by atoms with E-state index in [2.05, 4.69) is 17.4 Å². The van der Waals surface area contributed by atoms with Gasteiger partial charge in [0, 0.05) is 17.0 Å². The molecule has 0 heterocycles. The summed E-state index contributed by atoms with van der Waals surface area (Å²) >= 11 is 11.9. The van der Waals surface area contributed by atoms with Crippen molar-refractivity contribution in [3.8, 4) is 11.5 Å². The molecule has 1 amide bonds. The van der Waals surface area contributed by atoms with Gasteiger partial charge in [0.2, 0.25) is 0 Å². The monoisotopic (exact) mass is 407 g/mol. The van der Waals surface area contributed by atoms with Crippen molar-refractivity contribution in [3.63, 3.8) is 0 Å². The first kappa shape index (κ1) is 19.8. The van der Waals surface area contributed by atoms with E-state index in [1.54, 1.807) is 25.3 Å². The number of halogens is 2. The van der Waals surface area contributed by atoms with Gasteiger partial charge in [0.25, 0.3) is 5.91 Å². The molecule has 144 valence electrons. The lowest BCUT2D eigenvalue weighted by Gasteiger charge is -2.30. The maximum atomic E-state index is 12.3. The van der Waals surface area contributed by atoms with Crippen LogP contribution in [0.1, 0.15) is 31.2 Å². The zero-order valence-corrected chi connectivity index (χ0v) is 16.8. The summed E-state index contributed by atoms with van der Waals surface area (Å²) in [5, 5.41) is 3.95. The second-order valence-corrected chi connectivity index (χ2v) is 7.70. The van der Waals surface area contributed by atoms with Crippen molar-refractivity contribution in [2.45, 2.75) is 31.1 Å². The lowest BCUT2D eigenvalue weighted by Crippen LogP contribution is -2.40. The highest BCUT2D eigenvalue weighted by molar-refractivity contribution is 6.35. The molecule has 1 N–H and O–H groups in total. The molecule has 2 aromatic rings. The largest absolute Gasteiger partial charge is 0.497 e. The molecule has 6 heteroatoms. The second-order valence-electron chi connectivity index (χ2n) is 6.86. The SMILES string of the molecule is COc1ccc(C2(CNC(=O)COc3ccc(Cl)cc3Cl)CCCC2)cc1. The fourth-order valence-corrected chi connectivity index (χ4v) is 4.08. The smallest absolute Gasteiger partial charge is 0.257 e. The van der Waals surface area contributed by atoms with Gasteiger partial charge >= 0.3 is 0 Å². The van der Waals surface area contributed by atoms with Crippen molar-refractivity contribution in [3.05, 3.63) is 58.1 Å². The van der Waals surface area contributed by atoms with E-state index < -0.39 is 0 Å². The Morgan fingerprint density at radius 2 is 1.81 bits per heavy atom. The van der Waals surface area contributed by atoms with E-state index in [1.807, 2.05) is 12.1 Å². The van der Waals surface area contributed by atoms with Crippen LogP contribution in [0.4, 0.5) is 0 Å². The van der Waals surface area contributed by atoms with Gasteiger partial charge in [-0.2, -0.15) is 0 Å². The van der Waals surface area contributed by atoms with Crippen LogP contribution in [0.2, 0.25) is 10.0 Å². The molecule has 0 radical (unpaired) electrons. The predicted octanol–water partition coefficient (Wildman–Crippen LogP) is 5.01. The molecule has 0 spiro atoms. The number of rotatable bonds is 7. The Hall–Kier alpha value is -1.91. The van der Waals surface area contributed by atoms with Gasteiger partial charge in [0.05, 0.1) is 12.1 Å². The summed E-state index contributed by atoms with van der Waals surface area (Å²) in [6.07, 6.45) is 4.45. The molecule has 0 atom stereocenters. The molecule has 1 aliphatic carbocycles. The number of amides is 1. The van der Waals surface area contributed by atoms with Crippen LogP contribution in [-0.4, -0.2) is 26.2 Å². The topological polar surface area (TPSA) is 47.6 Å². The summed E-state index contributed by atoms with van der Waals surface area (Å²) in [7, 11) is 1.66. The second kappa shape index (κ2) is 8.85. The summed E-state index contributed by atoms with van der Waals surface area (Å²) in [6.45, 7) is 0.510. The zero-order chi connectivity index (χ0) is 19.3. The van der Waals surface area contributed by atoms with E-state index in [9.17, 15) is 4.79 Å². The number of methoxy groups -OCH3 is 1. The van der Waals surface area contributed by atoms with Crippen LogP contribution in [0.15, 0.2) is 42.5 Å². The Bertz CT molecular complexity index is 787. The summed E-state index contributed by atoms with van der Waals surface area (Å²) in [5.41, 5.74) is 1.21. The average Bonchev–Trinajstić information content (AvgIpc) is 3.16. The van der Waals surface area contributed by atoms with Crippen molar-refractivity contribution in [1.29, 1.82) is 0 Å². The number of carbonyl (C=O) groups excluding carboxylic acids is 1. The molecule has 0 saturated heterocycles. The number of carbonyl (C=O) groups is 1. The number of hydrogen-bond donors (Lipinski definition) is 1. The van der Waals surface area contributed by atoms with Gasteiger partial charge in [0.15, 0.2) is 6.61 Å². The van der Waals surface area contributed by atoms with Gasteiger partial charge < -0.3 is 14.8 Å². The highest BCUT2D eigenvalue weighted by Gasteiger charge is 2.35. The third-order valence-corrected chi connectivity index (χ3v) is 5.67. The van der Waals surface area contributed by atoms with Crippen LogP contribution in [0.5, 0.6) is 11.5 Å². The van der Waals surface area contributed by atoms with Crippen molar-refractivity contribution in [1.82, 2.24) is 5.32 Å². The van der Waals surface area contributed by atoms with E-state index in [4.69, 9.17) is 32.7 Å². The molecular formula is C21H23Cl2NO3. The standard InChI is InChI=1S/C21H23Cl2NO3/c1-26-17-7-4-15(5-8-17)21(10-2-3-11-21)14-24-20(25)13-27-19-9-6-16(22)12-18(19)23/h4-9,12H,2-3,10-11,13-14H2,1H3,(H,24,25).